The van der Waals surface area contributed by atoms with Gasteiger partial charge in [0.2, 0.25) is 0 Å². The summed E-state index contributed by atoms with van der Waals surface area (Å²) in [6, 6.07) is 3.59. The molecule has 0 bridgehead atoms. The van der Waals surface area contributed by atoms with Gasteiger partial charge in [-0.3, -0.25) is 9.59 Å². The zero-order valence-corrected chi connectivity index (χ0v) is 26.1. The summed E-state index contributed by atoms with van der Waals surface area (Å²) >= 11 is 4.42. The molecule has 0 N–H and O–H groups in total. The van der Waals surface area contributed by atoms with Crippen LogP contribution in [0, 0.1) is 0 Å². The molecule has 200 valence electrons. The van der Waals surface area contributed by atoms with Crippen molar-refractivity contribution in [3.8, 4) is 5.75 Å². The third kappa shape index (κ3) is 8.41. The predicted octanol–water partition coefficient (Wildman–Crippen LogP) is 5.63. The Hall–Kier alpha value is -1.66. The molecule has 0 saturated carbocycles. The molecule has 0 spiro atoms. The molecule has 0 unspecified atom stereocenters. The second-order valence-electron chi connectivity index (χ2n) is 7.78. The number of hydrogen-bond donors (Lipinski definition) is 0. The highest BCUT2D eigenvalue weighted by atomic mass is 127. The van der Waals surface area contributed by atoms with Gasteiger partial charge in [-0.05, 0) is 66.1 Å². The molecule has 1 aliphatic carbocycles. The van der Waals surface area contributed by atoms with E-state index in [1.807, 2.05) is 26.2 Å². The minimum absolute atomic E-state index is 0. The number of rotatable bonds is 12. The summed E-state index contributed by atoms with van der Waals surface area (Å²) in [5.41, 5.74) is 3.09. The van der Waals surface area contributed by atoms with Crippen molar-refractivity contribution < 1.29 is 23.9 Å². The molecular formula is C26H31IN2O5S3. The van der Waals surface area contributed by atoms with Gasteiger partial charge in [0.1, 0.15) is 5.75 Å². The Morgan fingerprint density at radius 3 is 2.38 bits per heavy atom. The minimum Gasteiger partial charge on any atom is -0.480 e. The maximum atomic E-state index is 13.3. The number of carbonyl (C=O) groups is 3. The number of amides is 1. The summed E-state index contributed by atoms with van der Waals surface area (Å²) < 4.78 is 14.9. The molecule has 1 aromatic carbocycles. The molecule has 37 heavy (non-hydrogen) atoms. The molecule has 0 aromatic heterocycles. The van der Waals surface area contributed by atoms with Crippen LogP contribution in [0.2, 0.25) is 0 Å². The minimum atomic E-state index is -0.437. The normalized spacial score (nSPS) is 14.2. The van der Waals surface area contributed by atoms with Crippen molar-refractivity contribution in [2.24, 2.45) is 4.40 Å². The Bertz CT molecular complexity index is 1130. The van der Waals surface area contributed by atoms with Gasteiger partial charge in [-0.2, -0.15) is 4.40 Å². The number of ether oxygens (including phenoxy) is 2. The van der Waals surface area contributed by atoms with Crippen LogP contribution < -0.4 is 4.74 Å². The lowest BCUT2D eigenvalue weighted by atomic mass is 9.97. The molecule has 3 rings (SSSR count). The first-order chi connectivity index (χ1) is 17.4. The second-order valence-corrected chi connectivity index (χ2v) is 10.9. The number of hydrogen-bond acceptors (Lipinski definition) is 9. The van der Waals surface area contributed by atoms with E-state index in [4.69, 9.17) is 9.47 Å². The van der Waals surface area contributed by atoms with E-state index in [1.54, 1.807) is 53.6 Å². The number of benzene rings is 1. The largest absolute Gasteiger partial charge is 0.480 e. The Morgan fingerprint density at radius 2 is 1.78 bits per heavy atom. The lowest BCUT2D eigenvalue weighted by Gasteiger charge is -2.19. The van der Waals surface area contributed by atoms with Gasteiger partial charge in [-0.15, -0.1) is 47.5 Å². The third-order valence-corrected chi connectivity index (χ3v) is 7.41. The van der Waals surface area contributed by atoms with Crippen molar-refractivity contribution in [1.29, 1.82) is 0 Å². The maximum absolute atomic E-state index is 13.3. The predicted molar refractivity (Wildman–Crippen MR) is 163 cm³/mol. The van der Waals surface area contributed by atoms with Crippen molar-refractivity contribution in [2.75, 3.05) is 44.1 Å². The smallest absolute Gasteiger partial charge is 0.344 e. The average molecular weight is 675 g/mol. The highest BCUT2D eigenvalue weighted by molar-refractivity contribution is 14.0. The molecule has 0 fully saturated rings. The summed E-state index contributed by atoms with van der Waals surface area (Å²) in [5, 5.41) is 0. The SMILES string of the molecule is CCOC(=O)COc1c(SCC)cc(C(=O)CN2CC3=C(C=CC(=C=NSC)C3)C2=O)cc1SCC.I. The van der Waals surface area contributed by atoms with Gasteiger partial charge in [0.05, 0.1) is 22.9 Å². The van der Waals surface area contributed by atoms with E-state index in [0.29, 0.717) is 29.9 Å². The number of carbonyl (C=O) groups excluding carboxylic acids is 3. The van der Waals surface area contributed by atoms with Gasteiger partial charge < -0.3 is 14.4 Å². The zero-order chi connectivity index (χ0) is 26.1. The molecule has 1 aliphatic heterocycles. The summed E-state index contributed by atoms with van der Waals surface area (Å²) in [6.07, 6.45) is 6.13. The summed E-state index contributed by atoms with van der Waals surface area (Å²) in [5.74, 6) is 4.41. The lowest BCUT2D eigenvalue weighted by Crippen LogP contribution is -2.32. The Balaban J connectivity index is 0.00000481. The topological polar surface area (TPSA) is 85.3 Å². The first-order valence-corrected chi connectivity index (χ1v) is 14.9. The number of esters is 1. The first-order valence-electron chi connectivity index (χ1n) is 11.7. The molecule has 0 radical (unpaired) electrons. The summed E-state index contributed by atoms with van der Waals surface area (Å²) in [4.78, 5) is 41.3. The third-order valence-electron chi connectivity index (χ3n) is 5.33. The Morgan fingerprint density at radius 1 is 1.11 bits per heavy atom. The number of ketones is 1. The number of Topliss-reactive ketones (excluding diaryl/α,β-unsaturated/α-hetero) is 1. The van der Waals surface area contributed by atoms with E-state index < -0.39 is 5.97 Å². The highest BCUT2D eigenvalue weighted by Crippen LogP contribution is 2.40. The van der Waals surface area contributed by atoms with Gasteiger partial charge in [0.25, 0.3) is 5.91 Å². The molecule has 1 aromatic rings. The number of allylic oxidation sites excluding steroid dienone is 2. The fourth-order valence-electron chi connectivity index (χ4n) is 3.83. The van der Waals surface area contributed by atoms with Crippen molar-refractivity contribution in [3.05, 3.63) is 46.6 Å². The second kappa shape index (κ2) is 15.7. The molecule has 0 saturated heterocycles. The van der Waals surface area contributed by atoms with Crippen molar-refractivity contribution in [2.45, 2.75) is 37.0 Å². The molecule has 2 aliphatic rings. The molecule has 1 amide bonds. The first kappa shape index (κ1) is 31.6. The Kier molecular flexibility index (Phi) is 13.4. The van der Waals surface area contributed by atoms with Crippen LogP contribution in [0.5, 0.6) is 5.75 Å². The van der Waals surface area contributed by atoms with E-state index in [9.17, 15) is 14.4 Å². The van der Waals surface area contributed by atoms with E-state index in [0.717, 1.165) is 32.4 Å². The van der Waals surface area contributed by atoms with Crippen LogP contribution in [0.1, 0.15) is 37.6 Å². The Labute approximate surface area is 248 Å². The molecular weight excluding hydrogens is 643 g/mol. The average Bonchev–Trinajstić information content (AvgIpc) is 3.16. The fourth-order valence-corrected chi connectivity index (χ4v) is 5.75. The van der Waals surface area contributed by atoms with Gasteiger partial charge >= 0.3 is 5.97 Å². The van der Waals surface area contributed by atoms with Crippen molar-refractivity contribution in [3.63, 3.8) is 0 Å². The van der Waals surface area contributed by atoms with Crippen LogP contribution in [-0.2, 0) is 14.3 Å². The maximum Gasteiger partial charge on any atom is 0.344 e. The van der Waals surface area contributed by atoms with Gasteiger partial charge in [0.15, 0.2) is 12.4 Å². The summed E-state index contributed by atoms with van der Waals surface area (Å²) in [7, 11) is 0. The van der Waals surface area contributed by atoms with Crippen LogP contribution >= 0.6 is 59.4 Å². The van der Waals surface area contributed by atoms with Gasteiger partial charge in [0, 0.05) is 35.9 Å². The van der Waals surface area contributed by atoms with Crippen LogP contribution in [-0.4, -0.2) is 72.5 Å². The van der Waals surface area contributed by atoms with Crippen LogP contribution in [0.3, 0.4) is 0 Å². The molecule has 1 heterocycles. The highest BCUT2D eigenvalue weighted by Gasteiger charge is 2.32. The van der Waals surface area contributed by atoms with Gasteiger partial charge in [-0.25, -0.2) is 4.79 Å². The van der Waals surface area contributed by atoms with Crippen LogP contribution in [0.25, 0.3) is 0 Å². The van der Waals surface area contributed by atoms with E-state index in [1.165, 1.54) is 11.9 Å². The lowest BCUT2D eigenvalue weighted by molar-refractivity contribution is -0.145. The molecule has 0 atom stereocenters. The quantitative estimate of drug-likeness (QED) is 0.0706. The van der Waals surface area contributed by atoms with Crippen LogP contribution in [0.4, 0.5) is 0 Å². The van der Waals surface area contributed by atoms with E-state index in [2.05, 4.69) is 10.3 Å². The fraction of sp³-hybridized carbons (Fsp3) is 0.423. The zero-order valence-electron chi connectivity index (χ0n) is 21.3. The molecule has 11 heteroatoms. The van der Waals surface area contributed by atoms with Gasteiger partial charge in [-0.1, -0.05) is 13.8 Å². The van der Waals surface area contributed by atoms with E-state index in [-0.39, 0.29) is 55.4 Å². The number of nitrogens with zero attached hydrogens (tertiary/aromatic N) is 2. The number of thioether (sulfide) groups is 2. The summed E-state index contributed by atoms with van der Waals surface area (Å²) in [6.45, 7) is 6.28. The van der Waals surface area contributed by atoms with E-state index >= 15 is 0 Å². The van der Waals surface area contributed by atoms with Crippen molar-refractivity contribution >= 4 is 83.0 Å². The number of halogens is 1. The van der Waals surface area contributed by atoms with Crippen LogP contribution in [0.15, 0.2) is 55.2 Å². The monoisotopic (exact) mass is 674 g/mol. The molecule has 7 nitrogen and oxygen atoms in total. The van der Waals surface area contributed by atoms with Crippen molar-refractivity contribution in [1.82, 2.24) is 4.90 Å². The standard InChI is InChI=1S/C26H30N2O5S3.HI/c1-5-32-24(30)16-33-25-22(35-6-2)11-18(12-23(25)36-7-3)21(29)15-28-14-19-10-17(13-27-34-4)8-9-20(19)26(28)31;/h8-9,11-12H,5-7,10,14-16H2,1-4H3;1H.